The number of fused-ring (bicyclic) bond motifs is 1. The average Bonchev–Trinajstić information content (AvgIpc) is 2.78. The minimum Gasteiger partial charge on any atom is -0.494 e. The van der Waals surface area contributed by atoms with Crippen LogP contribution in [0.1, 0.15) is 22.8 Å². The van der Waals surface area contributed by atoms with E-state index in [9.17, 15) is 14.4 Å². The quantitative estimate of drug-likeness (QED) is 0.428. The van der Waals surface area contributed by atoms with Crippen molar-refractivity contribution in [1.29, 1.82) is 0 Å². The fourth-order valence-electron chi connectivity index (χ4n) is 3.13. The van der Waals surface area contributed by atoms with Gasteiger partial charge in [0.05, 0.1) is 12.3 Å². The van der Waals surface area contributed by atoms with Gasteiger partial charge in [-0.05, 0) is 62.8 Å². The van der Waals surface area contributed by atoms with Crippen LogP contribution in [-0.4, -0.2) is 67.3 Å². The van der Waals surface area contributed by atoms with Crippen LogP contribution < -0.4 is 9.64 Å². The Kier molecular flexibility index (Phi) is 10.2. The SMILES string of the molecule is Cc1ccc2c(c1)SC(c1ccc(OCCCN(C)C)cc1)C(=O)N2C.O=C(O)C=CC(=O)O. The van der Waals surface area contributed by atoms with Gasteiger partial charge in [-0.2, -0.15) is 0 Å². The van der Waals surface area contributed by atoms with Crippen LogP contribution in [-0.2, 0) is 14.4 Å². The summed E-state index contributed by atoms with van der Waals surface area (Å²) in [4.78, 5) is 37.0. The number of anilines is 1. The molecule has 2 aromatic rings. The summed E-state index contributed by atoms with van der Waals surface area (Å²) in [6.07, 6.45) is 2.11. The molecule has 34 heavy (non-hydrogen) atoms. The monoisotopic (exact) mass is 486 g/mol. The first kappa shape index (κ1) is 26.9. The van der Waals surface area contributed by atoms with Gasteiger partial charge in [-0.15, -0.1) is 11.8 Å². The Morgan fingerprint density at radius 1 is 1.09 bits per heavy atom. The molecule has 1 aliphatic rings. The van der Waals surface area contributed by atoms with E-state index in [1.807, 2.05) is 43.4 Å². The molecule has 0 bridgehead atoms. The summed E-state index contributed by atoms with van der Waals surface area (Å²) in [7, 11) is 5.97. The summed E-state index contributed by atoms with van der Waals surface area (Å²) >= 11 is 1.63. The number of aliphatic carboxylic acids is 2. The van der Waals surface area contributed by atoms with Crippen LogP contribution in [0.5, 0.6) is 5.75 Å². The molecule has 0 aromatic heterocycles. The highest BCUT2D eigenvalue weighted by atomic mass is 32.2. The third kappa shape index (κ3) is 8.24. The minimum atomic E-state index is -1.26. The normalized spacial score (nSPS) is 15.0. The Hall–Kier alpha value is -3.30. The number of benzene rings is 2. The zero-order chi connectivity index (χ0) is 25.3. The lowest BCUT2D eigenvalue weighted by Crippen LogP contribution is -2.33. The van der Waals surface area contributed by atoms with Gasteiger partial charge in [0.1, 0.15) is 11.0 Å². The van der Waals surface area contributed by atoms with Crippen LogP contribution in [0.3, 0.4) is 0 Å². The first-order chi connectivity index (χ1) is 16.1. The van der Waals surface area contributed by atoms with Crippen molar-refractivity contribution >= 4 is 35.3 Å². The Labute approximate surface area is 203 Å². The van der Waals surface area contributed by atoms with E-state index < -0.39 is 11.9 Å². The van der Waals surface area contributed by atoms with Crippen LogP contribution in [0, 0.1) is 6.92 Å². The number of carbonyl (C=O) groups excluding carboxylic acids is 1. The summed E-state index contributed by atoms with van der Waals surface area (Å²) in [5, 5.41) is 15.4. The predicted molar refractivity (Wildman–Crippen MR) is 133 cm³/mol. The summed E-state index contributed by atoms with van der Waals surface area (Å²) in [6.45, 7) is 3.79. The maximum atomic E-state index is 12.8. The highest BCUT2D eigenvalue weighted by Gasteiger charge is 2.32. The second-order valence-corrected chi connectivity index (χ2v) is 9.10. The van der Waals surface area contributed by atoms with Crippen molar-refractivity contribution in [3.8, 4) is 5.75 Å². The number of likely N-dealkylation sites (N-methyl/N-ethyl adjacent to an activating group) is 1. The Morgan fingerprint density at radius 2 is 1.71 bits per heavy atom. The highest BCUT2D eigenvalue weighted by molar-refractivity contribution is 8.00. The van der Waals surface area contributed by atoms with Crippen molar-refractivity contribution in [3.63, 3.8) is 0 Å². The average molecular weight is 487 g/mol. The molecule has 2 N–H and O–H groups in total. The zero-order valence-corrected chi connectivity index (χ0v) is 20.5. The molecule has 0 radical (unpaired) electrons. The van der Waals surface area contributed by atoms with Gasteiger partial charge in [0.15, 0.2) is 0 Å². The molecule has 182 valence electrons. The Bertz CT molecular complexity index is 1020. The molecule has 1 atom stereocenters. The standard InChI is InChI=1S/C21H26N2O2S.C4H4O4/c1-15-6-11-18-19(14-15)26-20(21(24)23(18)4)16-7-9-17(10-8-16)25-13-5-12-22(2)3;5-3(6)1-2-4(7)8/h6-11,14,20H,5,12-13H2,1-4H3;1-2H,(H,5,6)(H,7,8). The zero-order valence-electron chi connectivity index (χ0n) is 19.7. The summed E-state index contributed by atoms with van der Waals surface area (Å²) in [5.41, 5.74) is 3.21. The molecule has 0 aliphatic carbocycles. The smallest absolute Gasteiger partial charge is 0.328 e. The fraction of sp³-hybridized carbons (Fsp3) is 0.320. The third-order valence-corrected chi connectivity index (χ3v) is 6.14. The molecule has 0 saturated carbocycles. The maximum Gasteiger partial charge on any atom is 0.328 e. The Balaban J connectivity index is 0.000000440. The van der Waals surface area contributed by atoms with Gasteiger partial charge >= 0.3 is 11.9 Å². The van der Waals surface area contributed by atoms with Crippen molar-refractivity contribution in [2.45, 2.75) is 23.5 Å². The molecule has 0 fully saturated rings. The molecule has 9 heteroatoms. The number of carbonyl (C=O) groups is 3. The van der Waals surface area contributed by atoms with E-state index in [-0.39, 0.29) is 11.2 Å². The van der Waals surface area contributed by atoms with Crippen LogP contribution in [0.4, 0.5) is 5.69 Å². The highest BCUT2D eigenvalue weighted by Crippen LogP contribution is 2.46. The predicted octanol–water partition coefficient (Wildman–Crippen LogP) is 3.85. The van der Waals surface area contributed by atoms with E-state index in [1.165, 1.54) is 5.56 Å². The van der Waals surface area contributed by atoms with Crippen LogP contribution in [0.2, 0.25) is 0 Å². The van der Waals surface area contributed by atoms with Crippen molar-refractivity contribution in [3.05, 3.63) is 65.7 Å². The van der Waals surface area contributed by atoms with Crippen LogP contribution in [0.15, 0.2) is 59.5 Å². The van der Waals surface area contributed by atoms with Gasteiger partial charge in [-0.1, -0.05) is 18.2 Å². The molecular weight excluding hydrogens is 456 g/mol. The number of ether oxygens (including phenoxy) is 1. The van der Waals surface area contributed by atoms with Crippen molar-refractivity contribution in [2.24, 2.45) is 0 Å². The molecule has 1 amide bonds. The number of hydrogen-bond acceptors (Lipinski definition) is 6. The molecular formula is C25H30N2O6S. The lowest BCUT2D eigenvalue weighted by molar-refractivity contribution is -0.134. The summed E-state index contributed by atoms with van der Waals surface area (Å²) < 4.78 is 5.79. The van der Waals surface area contributed by atoms with Gasteiger partial charge < -0.3 is 24.7 Å². The molecule has 1 aliphatic heterocycles. The van der Waals surface area contributed by atoms with Crippen LogP contribution in [0.25, 0.3) is 0 Å². The molecule has 3 rings (SSSR count). The molecule has 1 heterocycles. The van der Waals surface area contributed by atoms with Crippen LogP contribution >= 0.6 is 11.8 Å². The fourth-order valence-corrected chi connectivity index (χ4v) is 4.51. The number of aryl methyl sites for hydroxylation is 1. The number of nitrogens with zero attached hydrogens (tertiary/aromatic N) is 2. The molecule has 0 saturated heterocycles. The largest absolute Gasteiger partial charge is 0.494 e. The van der Waals surface area contributed by atoms with Gasteiger partial charge in [-0.3, -0.25) is 4.79 Å². The number of rotatable bonds is 8. The van der Waals surface area contributed by atoms with Crippen molar-refractivity contribution < 1.29 is 29.3 Å². The van der Waals surface area contributed by atoms with Gasteiger partial charge in [0, 0.05) is 30.6 Å². The second kappa shape index (κ2) is 12.8. The number of thioether (sulfide) groups is 1. The van der Waals surface area contributed by atoms with E-state index in [4.69, 9.17) is 14.9 Å². The number of carboxylic acid groups (broad SMARTS) is 2. The molecule has 0 spiro atoms. The second-order valence-electron chi connectivity index (χ2n) is 7.95. The molecule has 2 aromatic carbocycles. The number of hydrogen-bond donors (Lipinski definition) is 2. The van der Waals surface area contributed by atoms with Crippen molar-refractivity contribution in [1.82, 2.24) is 4.90 Å². The summed E-state index contributed by atoms with van der Waals surface area (Å²) in [5.74, 6) is -1.55. The first-order valence-electron chi connectivity index (χ1n) is 10.6. The third-order valence-electron chi connectivity index (χ3n) is 4.85. The lowest BCUT2D eigenvalue weighted by atomic mass is 10.1. The van der Waals surface area contributed by atoms with Gasteiger partial charge in [0.2, 0.25) is 5.91 Å². The van der Waals surface area contributed by atoms with E-state index >= 15 is 0 Å². The van der Waals surface area contributed by atoms with Gasteiger partial charge in [-0.25, -0.2) is 9.59 Å². The molecule has 8 nitrogen and oxygen atoms in total. The lowest BCUT2D eigenvalue weighted by Gasteiger charge is -2.31. The van der Waals surface area contributed by atoms with Crippen molar-refractivity contribution in [2.75, 3.05) is 39.2 Å². The van der Waals surface area contributed by atoms with E-state index in [0.717, 1.165) is 34.9 Å². The summed E-state index contributed by atoms with van der Waals surface area (Å²) in [6, 6.07) is 14.2. The molecule has 1 unspecified atom stereocenters. The van der Waals surface area contributed by atoms with E-state index in [2.05, 4.69) is 32.0 Å². The Morgan fingerprint density at radius 3 is 2.26 bits per heavy atom. The van der Waals surface area contributed by atoms with Gasteiger partial charge in [0.25, 0.3) is 0 Å². The topological polar surface area (TPSA) is 107 Å². The van der Waals surface area contributed by atoms with E-state index in [0.29, 0.717) is 18.8 Å². The first-order valence-corrected chi connectivity index (χ1v) is 11.5. The minimum absolute atomic E-state index is 0.117. The number of amides is 1. The van der Waals surface area contributed by atoms with E-state index in [1.54, 1.807) is 16.7 Å². The maximum absolute atomic E-state index is 12.8. The number of carboxylic acids is 2.